The van der Waals surface area contributed by atoms with Crippen molar-refractivity contribution in [2.75, 3.05) is 13.1 Å². The van der Waals surface area contributed by atoms with Gasteiger partial charge in [-0.25, -0.2) is 0 Å². The minimum Gasteiger partial charge on any atom is -0.355 e. The van der Waals surface area contributed by atoms with Crippen molar-refractivity contribution in [3.05, 3.63) is 12.2 Å². The first-order valence-electron chi connectivity index (χ1n) is 7.41. The first-order valence-corrected chi connectivity index (χ1v) is 7.41. The van der Waals surface area contributed by atoms with Gasteiger partial charge >= 0.3 is 0 Å². The molecule has 0 bridgehead atoms. The van der Waals surface area contributed by atoms with E-state index in [4.69, 9.17) is 5.73 Å². The predicted molar refractivity (Wildman–Crippen MR) is 79.0 cm³/mol. The summed E-state index contributed by atoms with van der Waals surface area (Å²) in [4.78, 5) is 12.5. The van der Waals surface area contributed by atoms with Crippen LogP contribution in [0, 0.1) is 5.41 Å². The summed E-state index contributed by atoms with van der Waals surface area (Å²) in [7, 11) is 1.90. The molecule has 1 amide bonds. The van der Waals surface area contributed by atoms with Gasteiger partial charge in [-0.3, -0.25) is 4.79 Å². The van der Waals surface area contributed by atoms with Gasteiger partial charge in [-0.1, -0.05) is 26.7 Å². The molecule has 1 aromatic rings. The summed E-state index contributed by atoms with van der Waals surface area (Å²) in [5.41, 5.74) is 5.47. The van der Waals surface area contributed by atoms with Crippen LogP contribution < -0.4 is 11.1 Å². The molecule has 20 heavy (non-hydrogen) atoms. The second kappa shape index (κ2) is 7.99. The number of hydrogen-bond acceptors (Lipinski definition) is 4. The highest BCUT2D eigenvalue weighted by Gasteiger charge is 2.34. The van der Waals surface area contributed by atoms with Crippen LogP contribution in [-0.4, -0.2) is 33.8 Å². The quantitative estimate of drug-likeness (QED) is 0.707. The van der Waals surface area contributed by atoms with Crippen molar-refractivity contribution < 1.29 is 4.79 Å². The smallest absolute Gasteiger partial charge is 0.227 e. The van der Waals surface area contributed by atoms with Gasteiger partial charge in [0.05, 0.1) is 5.41 Å². The largest absolute Gasteiger partial charge is 0.355 e. The zero-order valence-electron chi connectivity index (χ0n) is 12.9. The zero-order valence-corrected chi connectivity index (χ0v) is 12.9. The average molecular weight is 281 g/mol. The maximum absolute atomic E-state index is 12.5. The maximum atomic E-state index is 12.5. The van der Waals surface area contributed by atoms with Crippen LogP contribution in [0.3, 0.4) is 0 Å². The van der Waals surface area contributed by atoms with E-state index in [9.17, 15) is 4.79 Å². The van der Waals surface area contributed by atoms with Gasteiger partial charge in [0.2, 0.25) is 5.91 Å². The number of rotatable bonds is 9. The topological polar surface area (TPSA) is 85.8 Å². The van der Waals surface area contributed by atoms with Gasteiger partial charge in [0, 0.05) is 26.6 Å². The molecule has 0 spiro atoms. The molecule has 0 saturated carbocycles. The van der Waals surface area contributed by atoms with Crippen LogP contribution in [0.1, 0.15) is 45.4 Å². The van der Waals surface area contributed by atoms with E-state index in [1.807, 2.05) is 11.6 Å². The molecule has 0 aliphatic heterocycles. The maximum Gasteiger partial charge on any atom is 0.227 e. The first-order chi connectivity index (χ1) is 9.59. The van der Waals surface area contributed by atoms with Gasteiger partial charge in [0.25, 0.3) is 0 Å². The molecule has 0 atom stereocenters. The van der Waals surface area contributed by atoms with Gasteiger partial charge in [-0.2, -0.15) is 0 Å². The van der Waals surface area contributed by atoms with E-state index in [1.165, 1.54) is 0 Å². The fraction of sp³-hybridized carbons (Fsp3) is 0.786. The lowest BCUT2D eigenvalue weighted by atomic mass is 9.78. The molecule has 0 radical (unpaired) electrons. The molecule has 1 heterocycles. The lowest BCUT2D eigenvalue weighted by Gasteiger charge is -2.30. The van der Waals surface area contributed by atoms with E-state index >= 15 is 0 Å². The molecule has 1 rings (SSSR count). The number of carbonyl (C=O) groups excluding carboxylic acids is 1. The number of nitrogens with zero attached hydrogens (tertiary/aromatic N) is 3. The Hall–Kier alpha value is -1.43. The first kappa shape index (κ1) is 16.6. The van der Waals surface area contributed by atoms with Crippen molar-refractivity contribution in [2.24, 2.45) is 18.2 Å². The molecule has 114 valence electrons. The molecule has 0 saturated heterocycles. The SMILES string of the molecule is CCCC(CN)(CCC)C(=O)NCCc1nncn1C. The Morgan fingerprint density at radius 1 is 1.40 bits per heavy atom. The summed E-state index contributed by atoms with van der Waals surface area (Å²) < 4.78 is 1.86. The Kier molecular flexibility index (Phi) is 6.64. The van der Waals surface area contributed by atoms with E-state index in [0.29, 0.717) is 19.5 Å². The minimum atomic E-state index is -0.413. The van der Waals surface area contributed by atoms with Gasteiger partial charge < -0.3 is 15.6 Å². The highest BCUT2D eigenvalue weighted by atomic mass is 16.2. The van der Waals surface area contributed by atoms with Crippen molar-refractivity contribution in [1.29, 1.82) is 0 Å². The number of hydrogen-bond donors (Lipinski definition) is 2. The third kappa shape index (κ3) is 4.03. The number of carbonyl (C=O) groups is 1. The van der Waals surface area contributed by atoms with Crippen LogP contribution in [0.25, 0.3) is 0 Å². The molecule has 0 aromatic carbocycles. The number of aryl methyl sites for hydroxylation is 1. The predicted octanol–water partition coefficient (Wildman–Crippen LogP) is 1.02. The Morgan fingerprint density at radius 2 is 2.05 bits per heavy atom. The molecule has 0 aliphatic carbocycles. The summed E-state index contributed by atoms with van der Waals surface area (Å²) in [6.07, 6.45) is 5.96. The van der Waals surface area contributed by atoms with E-state index in [1.54, 1.807) is 6.33 Å². The zero-order chi connectivity index (χ0) is 15.0. The van der Waals surface area contributed by atoms with Crippen molar-refractivity contribution in [2.45, 2.75) is 46.0 Å². The minimum absolute atomic E-state index is 0.0749. The van der Waals surface area contributed by atoms with Gasteiger partial charge in [-0.05, 0) is 12.8 Å². The Balaban J connectivity index is 2.55. The molecular formula is C14H27N5O. The van der Waals surface area contributed by atoms with Crippen LogP contribution >= 0.6 is 0 Å². The fourth-order valence-electron chi connectivity index (χ4n) is 2.61. The lowest BCUT2D eigenvalue weighted by molar-refractivity contribution is -0.131. The molecule has 6 heteroatoms. The summed E-state index contributed by atoms with van der Waals surface area (Å²) in [6, 6.07) is 0. The molecule has 3 N–H and O–H groups in total. The molecule has 6 nitrogen and oxygen atoms in total. The van der Waals surface area contributed by atoms with E-state index < -0.39 is 5.41 Å². The molecule has 0 unspecified atom stereocenters. The number of aromatic nitrogens is 3. The average Bonchev–Trinajstić information content (AvgIpc) is 2.84. The van der Waals surface area contributed by atoms with Crippen LogP contribution in [0.15, 0.2) is 6.33 Å². The fourth-order valence-corrected chi connectivity index (χ4v) is 2.61. The van der Waals surface area contributed by atoms with Crippen molar-refractivity contribution in [1.82, 2.24) is 20.1 Å². The lowest BCUT2D eigenvalue weighted by Crippen LogP contribution is -2.46. The standard InChI is InChI=1S/C14H27N5O/c1-4-7-14(10-15,8-5-2)13(20)16-9-6-12-18-17-11-19(12)3/h11H,4-10,15H2,1-3H3,(H,16,20). The van der Waals surface area contributed by atoms with Crippen LogP contribution in [0.5, 0.6) is 0 Å². The Bertz CT molecular complexity index is 409. The molecule has 1 aromatic heterocycles. The van der Waals surface area contributed by atoms with Gasteiger partial charge in [0.1, 0.15) is 12.2 Å². The number of nitrogens with one attached hydrogen (secondary N) is 1. The number of nitrogens with two attached hydrogens (primary N) is 1. The third-order valence-corrected chi connectivity index (χ3v) is 3.77. The second-order valence-corrected chi connectivity index (χ2v) is 5.35. The molecule has 0 aliphatic rings. The highest BCUT2D eigenvalue weighted by Crippen LogP contribution is 2.28. The summed E-state index contributed by atoms with van der Waals surface area (Å²) >= 11 is 0. The van der Waals surface area contributed by atoms with E-state index in [2.05, 4.69) is 29.4 Å². The second-order valence-electron chi connectivity index (χ2n) is 5.35. The van der Waals surface area contributed by atoms with Crippen molar-refractivity contribution in [3.8, 4) is 0 Å². The van der Waals surface area contributed by atoms with E-state index in [-0.39, 0.29) is 5.91 Å². The summed E-state index contributed by atoms with van der Waals surface area (Å²) in [5, 5.41) is 10.8. The highest BCUT2D eigenvalue weighted by molar-refractivity contribution is 5.82. The molecule has 0 fully saturated rings. The monoisotopic (exact) mass is 281 g/mol. The van der Waals surface area contributed by atoms with Gasteiger partial charge in [0.15, 0.2) is 0 Å². The van der Waals surface area contributed by atoms with Gasteiger partial charge in [-0.15, -0.1) is 10.2 Å². The van der Waals surface area contributed by atoms with Crippen LogP contribution in [0.4, 0.5) is 0 Å². The van der Waals surface area contributed by atoms with Crippen LogP contribution in [0.2, 0.25) is 0 Å². The molecular weight excluding hydrogens is 254 g/mol. The van der Waals surface area contributed by atoms with Crippen molar-refractivity contribution in [3.63, 3.8) is 0 Å². The van der Waals surface area contributed by atoms with Crippen LogP contribution in [-0.2, 0) is 18.3 Å². The summed E-state index contributed by atoms with van der Waals surface area (Å²) in [6.45, 7) is 5.16. The van der Waals surface area contributed by atoms with Crippen molar-refractivity contribution >= 4 is 5.91 Å². The Morgan fingerprint density at radius 3 is 2.50 bits per heavy atom. The normalized spacial score (nSPS) is 11.6. The third-order valence-electron chi connectivity index (χ3n) is 3.77. The summed E-state index contributed by atoms with van der Waals surface area (Å²) in [5.74, 6) is 0.945. The number of amides is 1. The van der Waals surface area contributed by atoms with E-state index in [0.717, 1.165) is 31.5 Å². The Labute approximate surface area is 121 Å².